The van der Waals surface area contributed by atoms with Gasteiger partial charge < -0.3 is 5.73 Å². The van der Waals surface area contributed by atoms with Gasteiger partial charge in [-0.15, -0.1) is 0 Å². The number of hydrogen-bond donors (Lipinski definition) is 1. The van der Waals surface area contributed by atoms with Crippen molar-refractivity contribution in [3.63, 3.8) is 0 Å². The first-order chi connectivity index (χ1) is 6.34. The fourth-order valence-corrected chi connectivity index (χ4v) is 1.49. The normalized spacial score (nSPS) is 16.6. The summed E-state index contributed by atoms with van der Waals surface area (Å²) in [6.45, 7) is 0. The Morgan fingerprint density at radius 2 is 2.31 bits per heavy atom. The second-order valence-electron chi connectivity index (χ2n) is 3.47. The van der Waals surface area contributed by atoms with Gasteiger partial charge in [-0.1, -0.05) is 0 Å². The summed E-state index contributed by atoms with van der Waals surface area (Å²) in [4.78, 5) is 4.28. The van der Waals surface area contributed by atoms with Crippen LogP contribution in [0.5, 0.6) is 0 Å². The molecule has 0 unspecified atom stereocenters. The Morgan fingerprint density at radius 1 is 1.46 bits per heavy atom. The monoisotopic (exact) mass is 174 g/mol. The lowest BCUT2D eigenvalue weighted by molar-refractivity contribution is 0.809. The summed E-state index contributed by atoms with van der Waals surface area (Å²) in [6.07, 6.45) is 4.30. The third-order valence-electron chi connectivity index (χ3n) is 2.38. The molecule has 0 atom stereocenters. The van der Waals surface area contributed by atoms with Gasteiger partial charge in [0.15, 0.2) is 11.6 Å². The quantitative estimate of drug-likeness (QED) is 0.706. The van der Waals surface area contributed by atoms with E-state index in [9.17, 15) is 0 Å². The highest BCUT2D eigenvalue weighted by atomic mass is 15.3. The van der Waals surface area contributed by atoms with Gasteiger partial charge in [0.2, 0.25) is 0 Å². The molecule has 0 saturated heterocycles. The summed E-state index contributed by atoms with van der Waals surface area (Å²) in [5.74, 6) is 2.03. The van der Waals surface area contributed by atoms with E-state index >= 15 is 0 Å². The molecule has 66 valence electrons. The third kappa shape index (κ3) is 0.983. The van der Waals surface area contributed by atoms with Crippen molar-refractivity contribution >= 4 is 11.3 Å². The molecule has 1 aliphatic carbocycles. The lowest BCUT2D eigenvalue weighted by Gasteiger charge is -2.01. The molecule has 2 N–H and O–H groups in total. The molecule has 1 aliphatic rings. The van der Waals surface area contributed by atoms with Gasteiger partial charge in [0, 0.05) is 12.1 Å². The maximum atomic E-state index is 5.80. The van der Waals surface area contributed by atoms with Crippen LogP contribution in [-0.4, -0.2) is 14.6 Å². The van der Waals surface area contributed by atoms with Crippen LogP contribution in [0, 0.1) is 0 Å². The molecule has 2 aromatic heterocycles. The lowest BCUT2D eigenvalue weighted by Crippen LogP contribution is -2.04. The van der Waals surface area contributed by atoms with E-state index in [-0.39, 0.29) is 0 Å². The second-order valence-corrected chi connectivity index (χ2v) is 3.47. The lowest BCUT2D eigenvalue weighted by atomic mass is 10.4. The summed E-state index contributed by atoms with van der Waals surface area (Å²) in [6, 6.07) is 3.85. The zero-order valence-electron chi connectivity index (χ0n) is 7.14. The number of nitrogen functional groups attached to an aromatic ring is 1. The summed E-state index contributed by atoms with van der Waals surface area (Å²) in [5.41, 5.74) is 6.69. The van der Waals surface area contributed by atoms with Crippen molar-refractivity contribution in [3.05, 3.63) is 24.2 Å². The van der Waals surface area contributed by atoms with E-state index in [2.05, 4.69) is 10.1 Å². The molecule has 1 fully saturated rings. The number of aromatic nitrogens is 3. The van der Waals surface area contributed by atoms with Crippen LogP contribution in [0.4, 0.5) is 5.82 Å². The standard InChI is InChI=1S/C9H10N4/c10-8-7-2-1-5-13(7)12-9(11-8)6-3-4-6/h1-2,5-6H,3-4H2,(H2,10,11,12). The first kappa shape index (κ1) is 6.88. The number of rotatable bonds is 1. The van der Waals surface area contributed by atoms with Crippen LogP contribution in [0.3, 0.4) is 0 Å². The largest absolute Gasteiger partial charge is 0.382 e. The smallest absolute Gasteiger partial charge is 0.154 e. The topological polar surface area (TPSA) is 56.2 Å². The van der Waals surface area contributed by atoms with E-state index in [1.54, 1.807) is 4.52 Å². The predicted octanol–water partition coefficient (Wildman–Crippen LogP) is 1.19. The highest BCUT2D eigenvalue weighted by Gasteiger charge is 2.27. The van der Waals surface area contributed by atoms with Crippen LogP contribution >= 0.6 is 0 Å². The highest BCUT2D eigenvalue weighted by molar-refractivity contribution is 5.64. The van der Waals surface area contributed by atoms with Crippen LogP contribution in [0.25, 0.3) is 5.52 Å². The molecule has 0 radical (unpaired) electrons. The Balaban J connectivity index is 2.27. The predicted molar refractivity (Wildman–Crippen MR) is 49.4 cm³/mol. The van der Waals surface area contributed by atoms with Gasteiger partial charge in [0.1, 0.15) is 5.52 Å². The molecule has 1 saturated carbocycles. The van der Waals surface area contributed by atoms with Gasteiger partial charge in [-0.3, -0.25) is 0 Å². The number of hydrogen-bond acceptors (Lipinski definition) is 3. The molecule has 4 heteroatoms. The average Bonchev–Trinajstić information content (AvgIpc) is 2.85. The minimum atomic E-state index is 0.550. The first-order valence-corrected chi connectivity index (χ1v) is 4.45. The van der Waals surface area contributed by atoms with E-state index in [1.165, 1.54) is 12.8 Å². The van der Waals surface area contributed by atoms with Gasteiger partial charge in [-0.25, -0.2) is 9.50 Å². The van der Waals surface area contributed by atoms with Gasteiger partial charge >= 0.3 is 0 Å². The van der Waals surface area contributed by atoms with E-state index in [0.29, 0.717) is 11.7 Å². The van der Waals surface area contributed by atoms with Gasteiger partial charge in [0.25, 0.3) is 0 Å². The Morgan fingerprint density at radius 3 is 3.08 bits per heavy atom. The number of nitrogens with zero attached hydrogens (tertiary/aromatic N) is 3. The van der Waals surface area contributed by atoms with Crippen molar-refractivity contribution in [1.29, 1.82) is 0 Å². The van der Waals surface area contributed by atoms with Gasteiger partial charge in [0.05, 0.1) is 0 Å². The molecule has 2 aromatic rings. The van der Waals surface area contributed by atoms with Crippen molar-refractivity contribution in [2.24, 2.45) is 0 Å². The van der Waals surface area contributed by atoms with Crippen molar-refractivity contribution in [3.8, 4) is 0 Å². The van der Waals surface area contributed by atoms with Crippen LogP contribution in [0.15, 0.2) is 18.3 Å². The van der Waals surface area contributed by atoms with Gasteiger partial charge in [-0.05, 0) is 25.0 Å². The molecule has 13 heavy (non-hydrogen) atoms. The third-order valence-corrected chi connectivity index (χ3v) is 2.38. The molecule has 0 aromatic carbocycles. The fourth-order valence-electron chi connectivity index (χ4n) is 1.49. The summed E-state index contributed by atoms with van der Waals surface area (Å²) in [5, 5.41) is 4.38. The summed E-state index contributed by atoms with van der Waals surface area (Å²) < 4.78 is 1.80. The zero-order valence-corrected chi connectivity index (χ0v) is 7.14. The zero-order chi connectivity index (χ0) is 8.84. The Hall–Kier alpha value is -1.58. The van der Waals surface area contributed by atoms with Crippen LogP contribution < -0.4 is 5.73 Å². The molecular formula is C9H10N4. The van der Waals surface area contributed by atoms with E-state index in [0.717, 1.165) is 11.3 Å². The SMILES string of the molecule is Nc1nc(C2CC2)nn2cccc12. The maximum Gasteiger partial charge on any atom is 0.154 e. The minimum absolute atomic E-state index is 0.550. The molecule has 0 aliphatic heterocycles. The first-order valence-electron chi connectivity index (χ1n) is 4.45. The van der Waals surface area contributed by atoms with E-state index < -0.39 is 0 Å². The summed E-state index contributed by atoms with van der Waals surface area (Å²) in [7, 11) is 0. The summed E-state index contributed by atoms with van der Waals surface area (Å²) >= 11 is 0. The molecule has 0 bridgehead atoms. The van der Waals surface area contributed by atoms with Crippen molar-refractivity contribution in [2.45, 2.75) is 18.8 Å². The van der Waals surface area contributed by atoms with Crippen molar-refractivity contribution < 1.29 is 0 Å². The van der Waals surface area contributed by atoms with Crippen LogP contribution in [0.2, 0.25) is 0 Å². The van der Waals surface area contributed by atoms with E-state index in [4.69, 9.17) is 5.73 Å². The number of fused-ring (bicyclic) bond motifs is 1. The second kappa shape index (κ2) is 2.22. The molecule has 0 amide bonds. The molecule has 2 heterocycles. The van der Waals surface area contributed by atoms with Gasteiger partial charge in [-0.2, -0.15) is 5.10 Å². The number of nitrogens with two attached hydrogens (primary N) is 1. The van der Waals surface area contributed by atoms with Crippen molar-refractivity contribution in [1.82, 2.24) is 14.6 Å². The minimum Gasteiger partial charge on any atom is -0.382 e. The molecule has 4 nitrogen and oxygen atoms in total. The molecule has 0 spiro atoms. The maximum absolute atomic E-state index is 5.80. The van der Waals surface area contributed by atoms with Crippen LogP contribution in [-0.2, 0) is 0 Å². The Kier molecular flexibility index (Phi) is 1.17. The molecule has 3 rings (SSSR count). The van der Waals surface area contributed by atoms with E-state index in [1.807, 2.05) is 18.3 Å². The van der Waals surface area contributed by atoms with Crippen molar-refractivity contribution in [2.75, 3.05) is 5.73 Å². The molecular weight excluding hydrogens is 164 g/mol. The highest BCUT2D eigenvalue weighted by Crippen LogP contribution is 2.38. The van der Waals surface area contributed by atoms with Crippen LogP contribution in [0.1, 0.15) is 24.6 Å². The Bertz CT molecular complexity index is 456. The Labute approximate surface area is 75.4 Å². The average molecular weight is 174 g/mol. The number of anilines is 1. The fraction of sp³-hybridized carbons (Fsp3) is 0.333.